The van der Waals surface area contributed by atoms with Crippen molar-refractivity contribution in [3.63, 3.8) is 0 Å². The highest BCUT2D eigenvalue weighted by Gasteiger charge is 2.16. The minimum Gasteiger partial charge on any atom is -0.461 e. The molecule has 0 spiro atoms. The van der Waals surface area contributed by atoms with Gasteiger partial charge < -0.3 is 10.5 Å². The zero-order valence-electron chi connectivity index (χ0n) is 9.33. The van der Waals surface area contributed by atoms with E-state index in [1.807, 2.05) is 6.92 Å². The molecule has 17 heavy (non-hydrogen) atoms. The first kappa shape index (κ1) is 13.8. The van der Waals surface area contributed by atoms with E-state index in [0.29, 0.717) is 11.8 Å². The minimum absolute atomic E-state index is 0.189. The van der Waals surface area contributed by atoms with Gasteiger partial charge in [-0.1, -0.05) is 6.92 Å². The van der Waals surface area contributed by atoms with Gasteiger partial charge in [0.2, 0.25) is 0 Å². The van der Waals surface area contributed by atoms with E-state index in [0.717, 1.165) is 11.8 Å². The molecule has 1 aromatic carbocycles. The molecular weight excluding hydrogens is 248 g/mol. The highest BCUT2D eigenvalue weighted by Crippen LogP contribution is 2.17. The largest absolute Gasteiger partial charge is 0.461 e. The molecule has 94 valence electrons. The van der Waals surface area contributed by atoms with Gasteiger partial charge in [-0.3, -0.25) is 0 Å². The Bertz CT molecular complexity index is 413. The predicted molar refractivity (Wildman–Crippen MR) is 64.1 cm³/mol. The molecule has 0 saturated carbocycles. The summed E-state index contributed by atoms with van der Waals surface area (Å²) < 4.78 is 30.9. The molecule has 0 heterocycles. The van der Waals surface area contributed by atoms with Crippen molar-refractivity contribution < 1.29 is 18.3 Å². The molecule has 0 aliphatic rings. The Balaban J connectivity index is 2.66. The molecule has 0 aromatic heterocycles. The number of halogens is 2. The second kappa shape index (κ2) is 6.44. The molecule has 0 fully saturated rings. The second-order valence-corrected chi connectivity index (χ2v) is 4.58. The normalized spacial score (nSPS) is 10.3. The van der Waals surface area contributed by atoms with Crippen LogP contribution in [0.2, 0.25) is 0 Å². The summed E-state index contributed by atoms with van der Waals surface area (Å²) >= 11 is 1.60. The Morgan fingerprint density at radius 3 is 2.76 bits per heavy atom. The van der Waals surface area contributed by atoms with E-state index < -0.39 is 17.6 Å². The van der Waals surface area contributed by atoms with Crippen LogP contribution in [0.5, 0.6) is 0 Å². The molecule has 1 rings (SSSR count). The van der Waals surface area contributed by atoms with E-state index in [9.17, 15) is 13.6 Å². The lowest BCUT2D eigenvalue weighted by atomic mass is 10.2. The first-order chi connectivity index (χ1) is 8.06. The van der Waals surface area contributed by atoms with Gasteiger partial charge in [0, 0.05) is 11.8 Å². The first-order valence-electron chi connectivity index (χ1n) is 5.05. The van der Waals surface area contributed by atoms with Crippen LogP contribution in [-0.2, 0) is 4.74 Å². The molecule has 0 amide bonds. The van der Waals surface area contributed by atoms with Gasteiger partial charge >= 0.3 is 5.97 Å². The third kappa shape index (κ3) is 3.89. The van der Waals surface area contributed by atoms with E-state index in [1.165, 1.54) is 0 Å². The van der Waals surface area contributed by atoms with Crippen molar-refractivity contribution in [2.75, 3.05) is 23.8 Å². The number of carbonyl (C=O) groups excluding carboxylic acids is 1. The van der Waals surface area contributed by atoms with Gasteiger partial charge in [0.25, 0.3) is 0 Å². The minimum atomic E-state index is -0.968. The van der Waals surface area contributed by atoms with Crippen molar-refractivity contribution in [3.8, 4) is 0 Å². The molecule has 0 aliphatic carbocycles. The van der Waals surface area contributed by atoms with Crippen LogP contribution in [-0.4, -0.2) is 24.1 Å². The van der Waals surface area contributed by atoms with Gasteiger partial charge in [-0.05, 0) is 11.8 Å². The van der Waals surface area contributed by atoms with Gasteiger partial charge in [0.1, 0.15) is 18.2 Å². The van der Waals surface area contributed by atoms with Crippen LogP contribution < -0.4 is 5.73 Å². The van der Waals surface area contributed by atoms with Crippen molar-refractivity contribution in [1.29, 1.82) is 0 Å². The van der Waals surface area contributed by atoms with Crippen LogP contribution in [0.3, 0.4) is 0 Å². The topological polar surface area (TPSA) is 52.3 Å². The van der Waals surface area contributed by atoms with E-state index in [-0.39, 0.29) is 17.9 Å². The lowest BCUT2D eigenvalue weighted by Crippen LogP contribution is -2.11. The monoisotopic (exact) mass is 261 g/mol. The lowest BCUT2D eigenvalue weighted by molar-refractivity contribution is 0.0525. The molecule has 0 atom stereocenters. The average molecular weight is 261 g/mol. The maximum absolute atomic E-state index is 13.3. The summed E-state index contributed by atoms with van der Waals surface area (Å²) in [5, 5.41) is 0. The molecule has 1 aromatic rings. The van der Waals surface area contributed by atoms with Gasteiger partial charge in [-0.25, -0.2) is 13.6 Å². The Morgan fingerprint density at radius 2 is 2.12 bits per heavy atom. The molecule has 0 saturated heterocycles. The number of benzene rings is 1. The Labute approximate surface area is 102 Å². The fourth-order valence-corrected chi connectivity index (χ4v) is 1.63. The van der Waals surface area contributed by atoms with Crippen molar-refractivity contribution in [2.24, 2.45) is 0 Å². The number of esters is 1. The van der Waals surface area contributed by atoms with Crippen LogP contribution in [0, 0.1) is 11.6 Å². The number of hydrogen-bond donors (Lipinski definition) is 1. The molecule has 0 bridgehead atoms. The first-order valence-corrected chi connectivity index (χ1v) is 6.21. The third-order valence-electron chi connectivity index (χ3n) is 1.97. The van der Waals surface area contributed by atoms with E-state index in [4.69, 9.17) is 10.5 Å². The number of hydrogen-bond acceptors (Lipinski definition) is 4. The Morgan fingerprint density at radius 1 is 1.41 bits per heavy atom. The summed E-state index contributed by atoms with van der Waals surface area (Å²) in [4.78, 5) is 11.4. The maximum atomic E-state index is 13.3. The second-order valence-electron chi connectivity index (χ2n) is 3.19. The van der Waals surface area contributed by atoms with Gasteiger partial charge in [-0.2, -0.15) is 11.8 Å². The Kier molecular flexibility index (Phi) is 5.21. The number of rotatable bonds is 5. The quantitative estimate of drug-likeness (QED) is 0.502. The summed E-state index contributed by atoms with van der Waals surface area (Å²) in [5.74, 6) is -1.13. The third-order valence-corrected chi connectivity index (χ3v) is 2.83. The van der Waals surface area contributed by atoms with Crippen LogP contribution in [0.1, 0.15) is 17.3 Å². The highest BCUT2D eigenvalue weighted by molar-refractivity contribution is 7.99. The Hall–Kier alpha value is -1.30. The van der Waals surface area contributed by atoms with Crippen LogP contribution in [0.15, 0.2) is 12.1 Å². The van der Waals surface area contributed by atoms with Crippen LogP contribution >= 0.6 is 11.8 Å². The zero-order chi connectivity index (χ0) is 12.8. The molecule has 3 nitrogen and oxygen atoms in total. The fraction of sp³-hybridized carbons (Fsp3) is 0.364. The predicted octanol–water partition coefficient (Wildman–Crippen LogP) is 2.46. The highest BCUT2D eigenvalue weighted by atomic mass is 32.2. The van der Waals surface area contributed by atoms with Crippen molar-refractivity contribution >= 4 is 23.4 Å². The van der Waals surface area contributed by atoms with Gasteiger partial charge in [-0.15, -0.1) is 0 Å². The summed E-state index contributed by atoms with van der Waals surface area (Å²) in [5.41, 5.74) is 4.63. The molecule has 0 radical (unpaired) electrons. The van der Waals surface area contributed by atoms with E-state index in [1.54, 1.807) is 11.8 Å². The van der Waals surface area contributed by atoms with Gasteiger partial charge in [0.05, 0.1) is 11.3 Å². The summed E-state index contributed by atoms with van der Waals surface area (Å²) in [6, 6.07) is 1.52. The number of thioether (sulfide) groups is 1. The van der Waals surface area contributed by atoms with Crippen molar-refractivity contribution in [3.05, 3.63) is 29.3 Å². The fourth-order valence-electron chi connectivity index (χ4n) is 1.14. The van der Waals surface area contributed by atoms with Gasteiger partial charge in [0.15, 0.2) is 0 Å². The zero-order valence-corrected chi connectivity index (χ0v) is 10.2. The lowest BCUT2D eigenvalue weighted by Gasteiger charge is -2.06. The van der Waals surface area contributed by atoms with Crippen molar-refractivity contribution in [2.45, 2.75) is 6.92 Å². The molecule has 2 N–H and O–H groups in total. The number of carbonyl (C=O) groups is 1. The number of ether oxygens (including phenoxy) is 1. The maximum Gasteiger partial charge on any atom is 0.341 e. The summed E-state index contributed by atoms with van der Waals surface area (Å²) in [7, 11) is 0. The number of anilines is 1. The van der Waals surface area contributed by atoms with Crippen LogP contribution in [0.4, 0.5) is 14.5 Å². The molecular formula is C11H13F2NO2S. The van der Waals surface area contributed by atoms with E-state index >= 15 is 0 Å². The van der Waals surface area contributed by atoms with E-state index in [2.05, 4.69) is 0 Å². The smallest absolute Gasteiger partial charge is 0.341 e. The van der Waals surface area contributed by atoms with Crippen molar-refractivity contribution in [1.82, 2.24) is 0 Å². The molecule has 0 unspecified atom stereocenters. The number of nitrogens with two attached hydrogens (primary N) is 1. The number of nitrogen functional groups attached to an aromatic ring is 1. The molecule has 0 aliphatic heterocycles. The van der Waals surface area contributed by atoms with Crippen LogP contribution in [0.25, 0.3) is 0 Å². The average Bonchev–Trinajstić information content (AvgIpc) is 2.29. The standard InChI is InChI=1S/C11H13F2NO2S/c1-2-17-4-3-16-11(15)7-5-10(14)9(13)6-8(7)12/h5-6H,2-4,14H2,1H3. The SMILES string of the molecule is CCSCCOC(=O)c1cc(N)c(F)cc1F. The summed E-state index contributed by atoms with van der Waals surface area (Å²) in [6.07, 6.45) is 0. The molecule has 6 heteroatoms. The summed E-state index contributed by atoms with van der Waals surface area (Å²) in [6.45, 7) is 2.17.